The minimum Gasteiger partial charge on any atom is -0.383 e. The predicted molar refractivity (Wildman–Crippen MR) is 60.1 cm³/mol. The molecule has 16 heavy (non-hydrogen) atoms. The standard InChI is InChI=1S/C6H6N6O.C3H8/c7-4-3(5(8)10-1-9-4)6-11-2-13-12-6;1-3-2/h1-2H,(H4,7,8,9,10);3H2,1-2H3. The summed E-state index contributed by atoms with van der Waals surface area (Å²) in [5, 5.41) is 3.58. The molecular formula is C9H14N6O. The van der Waals surface area contributed by atoms with Gasteiger partial charge in [-0.05, 0) is 0 Å². The topological polar surface area (TPSA) is 117 Å². The molecule has 0 amide bonds. The third-order valence-corrected chi connectivity index (χ3v) is 1.49. The van der Waals surface area contributed by atoms with Crippen molar-refractivity contribution in [1.82, 2.24) is 20.1 Å². The van der Waals surface area contributed by atoms with E-state index in [1.54, 1.807) is 0 Å². The fourth-order valence-corrected chi connectivity index (χ4v) is 0.923. The van der Waals surface area contributed by atoms with Crippen LogP contribution in [0.3, 0.4) is 0 Å². The van der Waals surface area contributed by atoms with E-state index in [1.165, 1.54) is 19.1 Å². The average Bonchev–Trinajstić information content (AvgIpc) is 2.72. The molecule has 0 aliphatic rings. The first-order chi connectivity index (χ1) is 7.70. The van der Waals surface area contributed by atoms with E-state index in [4.69, 9.17) is 11.5 Å². The van der Waals surface area contributed by atoms with Crippen molar-refractivity contribution in [2.24, 2.45) is 0 Å². The highest BCUT2D eigenvalue weighted by molar-refractivity contribution is 5.77. The highest BCUT2D eigenvalue weighted by Gasteiger charge is 2.12. The smallest absolute Gasteiger partial charge is 0.214 e. The minimum atomic E-state index is 0.230. The van der Waals surface area contributed by atoms with Crippen LogP contribution in [0.15, 0.2) is 17.2 Å². The zero-order valence-electron chi connectivity index (χ0n) is 9.21. The maximum absolute atomic E-state index is 5.56. The predicted octanol–water partition coefficient (Wildman–Crippen LogP) is 1.11. The molecule has 2 aromatic rings. The number of nitrogens with zero attached hydrogens (tertiary/aromatic N) is 4. The van der Waals surface area contributed by atoms with Crippen LogP contribution in [0.2, 0.25) is 0 Å². The fraction of sp³-hybridized carbons (Fsp3) is 0.333. The number of hydrogen-bond donors (Lipinski definition) is 2. The Hall–Kier alpha value is -2.18. The first-order valence-corrected chi connectivity index (χ1v) is 4.83. The van der Waals surface area contributed by atoms with E-state index < -0.39 is 0 Å². The maximum atomic E-state index is 5.56. The third-order valence-electron chi connectivity index (χ3n) is 1.49. The first kappa shape index (κ1) is 11.9. The summed E-state index contributed by atoms with van der Waals surface area (Å²) >= 11 is 0. The Morgan fingerprint density at radius 1 is 1.12 bits per heavy atom. The second-order valence-electron chi connectivity index (χ2n) is 2.98. The Balaban J connectivity index is 0.000000386. The maximum Gasteiger partial charge on any atom is 0.214 e. The van der Waals surface area contributed by atoms with Gasteiger partial charge < -0.3 is 16.0 Å². The molecule has 4 N–H and O–H groups in total. The molecule has 7 nitrogen and oxygen atoms in total. The minimum absolute atomic E-state index is 0.230. The molecule has 2 aromatic heterocycles. The summed E-state index contributed by atoms with van der Waals surface area (Å²) in [6.45, 7) is 4.25. The van der Waals surface area contributed by atoms with Gasteiger partial charge in [-0.25, -0.2) is 9.97 Å². The zero-order chi connectivity index (χ0) is 12.0. The molecule has 2 rings (SSSR count). The van der Waals surface area contributed by atoms with Gasteiger partial charge in [-0.1, -0.05) is 25.4 Å². The normalized spacial score (nSPS) is 9.38. The summed E-state index contributed by atoms with van der Waals surface area (Å²) in [6, 6.07) is 0. The molecule has 2 heterocycles. The lowest BCUT2D eigenvalue weighted by Gasteiger charge is -2.00. The van der Waals surface area contributed by atoms with Gasteiger partial charge in [0, 0.05) is 0 Å². The van der Waals surface area contributed by atoms with Crippen LogP contribution in [0.1, 0.15) is 20.3 Å². The van der Waals surface area contributed by atoms with Crippen molar-refractivity contribution in [2.45, 2.75) is 20.3 Å². The molecule has 0 aromatic carbocycles. The molecule has 7 heteroatoms. The molecular weight excluding hydrogens is 208 g/mol. The Bertz CT molecular complexity index is 407. The van der Waals surface area contributed by atoms with Crippen LogP contribution < -0.4 is 11.5 Å². The van der Waals surface area contributed by atoms with Gasteiger partial charge in [-0.3, -0.25) is 0 Å². The van der Waals surface area contributed by atoms with Crippen molar-refractivity contribution in [3.05, 3.63) is 12.7 Å². The van der Waals surface area contributed by atoms with Gasteiger partial charge in [0.15, 0.2) is 0 Å². The molecule has 0 saturated carbocycles. The second-order valence-corrected chi connectivity index (χ2v) is 2.98. The van der Waals surface area contributed by atoms with E-state index >= 15 is 0 Å². The molecule has 0 fully saturated rings. The molecule has 0 atom stereocenters. The molecule has 0 bridgehead atoms. The van der Waals surface area contributed by atoms with Crippen molar-refractivity contribution in [1.29, 1.82) is 0 Å². The van der Waals surface area contributed by atoms with E-state index in [-0.39, 0.29) is 17.5 Å². The Morgan fingerprint density at radius 3 is 2.12 bits per heavy atom. The summed E-state index contributed by atoms with van der Waals surface area (Å²) in [6.07, 6.45) is 3.70. The molecule has 0 radical (unpaired) electrons. The summed E-state index contributed by atoms with van der Waals surface area (Å²) in [5.74, 6) is 0.749. The lowest BCUT2D eigenvalue weighted by atomic mass is 10.2. The van der Waals surface area contributed by atoms with Crippen LogP contribution in [0.4, 0.5) is 11.6 Å². The van der Waals surface area contributed by atoms with Gasteiger partial charge in [0.25, 0.3) is 0 Å². The largest absolute Gasteiger partial charge is 0.383 e. The number of nitrogen functional groups attached to an aromatic ring is 2. The van der Waals surface area contributed by atoms with Crippen molar-refractivity contribution in [3.63, 3.8) is 0 Å². The Labute approximate surface area is 92.9 Å². The van der Waals surface area contributed by atoms with Crippen molar-refractivity contribution in [2.75, 3.05) is 11.5 Å². The lowest BCUT2D eigenvalue weighted by Crippen LogP contribution is -2.02. The number of rotatable bonds is 1. The Morgan fingerprint density at radius 2 is 1.69 bits per heavy atom. The van der Waals surface area contributed by atoms with Crippen LogP contribution in [-0.2, 0) is 0 Å². The van der Waals surface area contributed by atoms with Gasteiger partial charge in [-0.2, -0.15) is 4.98 Å². The fourth-order valence-electron chi connectivity index (χ4n) is 0.923. The van der Waals surface area contributed by atoms with E-state index in [0.717, 1.165) is 0 Å². The summed E-state index contributed by atoms with van der Waals surface area (Å²) in [5.41, 5.74) is 11.5. The van der Waals surface area contributed by atoms with Gasteiger partial charge in [-0.15, -0.1) is 0 Å². The van der Waals surface area contributed by atoms with Gasteiger partial charge >= 0.3 is 0 Å². The average molecular weight is 222 g/mol. The molecule has 0 spiro atoms. The van der Waals surface area contributed by atoms with Crippen molar-refractivity contribution >= 4 is 11.6 Å². The number of nitrogens with two attached hydrogens (primary N) is 2. The van der Waals surface area contributed by atoms with Crippen LogP contribution in [0, 0.1) is 0 Å². The highest BCUT2D eigenvalue weighted by atomic mass is 16.5. The van der Waals surface area contributed by atoms with E-state index in [9.17, 15) is 0 Å². The number of hydrogen-bond acceptors (Lipinski definition) is 7. The van der Waals surface area contributed by atoms with Crippen LogP contribution in [0.5, 0.6) is 0 Å². The quantitative estimate of drug-likeness (QED) is 0.741. The van der Waals surface area contributed by atoms with Gasteiger partial charge in [0.1, 0.15) is 23.5 Å². The molecule has 0 saturated heterocycles. The first-order valence-electron chi connectivity index (χ1n) is 4.83. The van der Waals surface area contributed by atoms with Gasteiger partial charge in [0.05, 0.1) is 0 Å². The van der Waals surface area contributed by atoms with Crippen LogP contribution in [-0.4, -0.2) is 20.1 Å². The monoisotopic (exact) mass is 222 g/mol. The number of anilines is 2. The SMILES string of the molecule is CCC.Nc1ncnc(N)c1-c1ncon1. The van der Waals surface area contributed by atoms with Crippen molar-refractivity contribution in [3.8, 4) is 11.4 Å². The summed E-state index contributed by atoms with van der Waals surface area (Å²) in [7, 11) is 0. The summed E-state index contributed by atoms with van der Waals surface area (Å²) in [4.78, 5) is 11.3. The highest BCUT2D eigenvalue weighted by Crippen LogP contribution is 2.24. The van der Waals surface area contributed by atoms with Crippen LogP contribution >= 0.6 is 0 Å². The van der Waals surface area contributed by atoms with E-state index in [0.29, 0.717) is 5.56 Å². The van der Waals surface area contributed by atoms with E-state index in [2.05, 4.69) is 38.5 Å². The third kappa shape index (κ3) is 2.66. The second kappa shape index (κ2) is 5.64. The lowest BCUT2D eigenvalue weighted by molar-refractivity contribution is 0.419. The number of aromatic nitrogens is 4. The van der Waals surface area contributed by atoms with Crippen LogP contribution in [0.25, 0.3) is 11.4 Å². The van der Waals surface area contributed by atoms with Gasteiger partial charge in [0.2, 0.25) is 12.2 Å². The zero-order valence-corrected chi connectivity index (χ0v) is 9.21. The summed E-state index contributed by atoms with van der Waals surface area (Å²) < 4.78 is 4.55. The molecule has 0 unspecified atom stereocenters. The van der Waals surface area contributed by atoms with Crippen molar-refractivity contribution < 1.29 is 4.52 Å². The molecule has 86 valence electrons. The molecule has 0 aliphatic heterocycles. The molecule has 0 aliphatic carbocycles. The Kier molecular flexibility index (Phi) is 4.19. The van der Waals surface area contributed by atoms with E-state index in [1.807, 2.05) is 0 Å².